The molecule has 1 heterocycles. The van der Waals surface area contributed by atoms with E-state index in [0.29, 0.717) is 5.84 Å². The Morgan fingerprint density at radius 3 is 2.54 bits per heavy atom. The summed E-state index contributed by atoms with van der Waals surface area (Å²) < 4.78 is 1.30. The van der Waals surface area contributed by atoms with Gasteiger partial charge in [0.15, 0.2) is 0 Å². The number of fused-ring (bicyclic) bond motifs is 1. The number of hydrogen-bond acceptors (Lipinski definition) is 2. The lowest BCUT2D eigenvalue weighted by atomic mass is 9.90. The molecule has 0 fully saturated rings. The highest BCUT2D eigenvalue weighted by atomic mass is 32.1. The summed E-state index contributed by atoms with van der Waals surface area (Å²) in [6.07, 6.45) is 7.23. The third kappa shape index (κ3) is 3.83. The Bertz CT molecular complexity index is 885. The van der Waals surface area contributed by atoms with Crippen LogP contribution in [0.25, 0.3) is 15.7 Å². The highest BCUT2D eigenvalue weighted by Gasteiger charge is 2.34. The molecule has 138 valence electrons. The molecule has 2 aromatic rings. The van der Waals surface area contributed by atoms with Gasteiger partial charge in [0, 0.05) is 16.6 Å². The van der Waals surface area contributed by atoms with E-state index < -0.39 is 0 Å². The van der Waals surface area contributed by atoms with Crippen molar-refractivity contribution in [2.24, 2.45) is 0 Å². The van der Waals surface area contributed by atoms with Crippen LogP contribution >= 0.6 is 11.3 Å². The van der Waals surface area contributed by atoms with Crippen molar-refractivity contribution < 1.29 is 0 Å². The van der Waals surface area contributed by atoms with Gasteiger partial charge in [-0.3, -0.25) is 5.41 Å². The van der Waals surface area contributed by atoms with E-state index in [9.17, 15) is 0 Å². The number of nitrogens with zero attached hydrogens (tertiary/aromatic N) is 1. The summed E-state index contributed by atoms with van der Waals surface area (Å²) in [5.41, 5.74) is 3.37. The van der Waals surface area contributed by atoms with Crippen LogP contribution in [0.15, 0.2) is 54.6 Å². The lowest BCUT2D eigenvalue weighted by Gasteiger charge is -2.39. The van der Waals surface area contributed by atoms with Crippen molar-refractivity contribution >= 4 is 32.8 Å². The molecule has 0 amide bonds. The highest BCUT2D eigenvalue weighted by Crippen LogP contribution is 2.42. The van der Waals surface area contributed by atoms with Gasteiger partial charge in [-0.05, 0) is 63.6 Å². The van der Waals surface area contributed by atoms with Crippen LogP contribution in [-0.4, -0.2) is 17.8 Å². The Hall–Kier alpha value is -2.13. The summed E-state index contributed by atoms with van der Waals surface area (Å²) in [6, 6.07) is 8.79. The summed E-state index contributed by atoms with van der Waals surface area (Å²) in [5.74, 6) is 0.564. The molecule has 0 saturated carbocycles. The zero-order valence-corrected chi connectivity index (χ0v) is 17.6. The third-order valence-electron chi connectivity index (χ3n) is 4.93. The summed E-state index contributed by atoms with van der Waals surface area (Å²) in [4.78, 5) is 3.34. The quantitative estimate of drug-likeness (QED) is 0.253. The summed E-state index contributed by atoms with van der Waals surface area (Å²) >= 11 is 1.83. The van der Waals surface area contributed by atoms with Crippen molar-refractivity contribution in [2.45, 2.75) is 46.6 Å². The molecule has 1 N–H and O–H groups in total. The van der Waals surface area contributed by atoms with Crippen LogP contribution in [0.4, 0.5) is 0 Å². The van der Waals surface area contributed by atoms with Gasteiger partial charge >= 0.3 is 0 Å². The molecule has 0 aliphatic carbocycles. The van der Waals surface area contributed by atoms with Crippen molar-refractivity contribution in [3.63, 3.8) is 0 Å². The fourth-order valence-corrected chi connectivity index (χ4v) is 4.78. The van der Waals surface area contributed by atoms with Gasteiger partial charge < -0.3 is 4.90 Å². The Morgan fingerprint density at radius 2 is 2.00 bits per heavy atom. The number of allylic oxidation sites excluding steroid dienone is 4. The van der Waals surface area contributed by atoms with E-state index in [1.54, 1.807) is 0 Å². The molecular formula is C23H30N2S. The minimum Gasteiger partial charge on any atom is -0.353 e. The average molecular weight is 367 g/mol. The van der Waals surface area contributed by atoms with Crippen molar-refractivity contribution in [1.29, 1.82) is 5.41 Å². The van der Waals surface area contributed by atoms with Gasteiger partial charge in [0.1, 0.15) is 0 Å². The first kappa shape index (κ1) is 20.2. The van der Waals surface area contributed by atoms with Crippen molar-refractivity contribution in [3.05, 3.63) is 65.1 Å². The zero-order chi connectivity index (χ0) is 19.5. The molecule has 3 heteroatoms. The van der Waals surface area contributed by atoms with Crippen LogP contribution < -0.4 is 0 Å². The van der Waals surface area contributed by atoms with E-state index in [2.05, 4.69) is 81.7 Å². The molecule has 26 heavy (non-hydrogen) atoms. The highest BCUT2D eigenvalue weighted by molar-refractivity contribution is 7.19. The van der Waals surface area contributed by atoms with Crippen LogP contribution in [0.1, 0.15) is 51.5 Å². The van der Waals surface area contributed by atoms with Crippen LogP contribution in [0.5, 0.6) is 0 Å². The molecule has 0 aliphatic rings. The summed E-state index contributed by atoms with van der Waals surface area (Å²) in [5, 5.41) is 9.42. The number of hydrogen-bond donors (Lipinski definition) is 1. The van der Waals surface area contributed by atoms with E-state index in [0.717, 1.165) is 12.0 Å². The van der Waals surface area contributed by atoms with Crippen LogP contribution in [0.2, 0.25) is 0 Å². The molecule has 0 unspecified atom stereocenters. The maximum absolute atomic E-state index is 8.16. The Morgan fingerprint density at radius 1 is 1.31 bits per heavy atom. The molecule has 2 nitrogen and oxygen atoms in total. The minimum absolute atomic E-state index is 0.269. The van der Waals surface area contributed by atoms with E-state index in [4.69, 9.17) is 5.41 Å². The van der Waals surface area contributed by atoms with E-state index in [1.807, 2.05) is 25.3 Å². The summed E-state index contributed by atoms with van der Waals surface area (Å²) in [6.45, 7) is 14.4. The lowest BCUT2D eigenvalue weighted by Crippen LogP contribution is -2.43. The predicted octanol–water partition coefficient (Wildman–Crippen LogP) is 6.99. The molecule has 1 atom stereocenters. The first-order valence-electron chi connectivity index (χ1n) is 9.00. The molecule has 1 aromatic carbocycles. The number of thiophene rings is 1. The van der Waals surface area contributed by atoms with Crippen molar-refractivity contribution in [1.82, 2.24) is 4.90 Å². The molecule has 0 saturated heterocycles. The second-order valence-electron chi connectivity index (χ2n) is 7.13. The number of amidine groups is 1. The van der Waals surface area contributed by atoms with Crippen molar-refractivity contribution in [3.8, 4) is 0 Å². The monoisotopic (exact) mass is 366 g/mol. The van der Waals surface area contributed by atoms with Crippen molar-refractivity contribution in [2.75, 3.05) is 7.05 Å². The number of nitrogens with one attached hydrogen (secondary N) is 1. The Balaban J connectivity index is 2.69. The van der Waals surface area contributed by atoms with Gasteiger partial charge in [-0.2, -0.15) is 0 Å². The standard InChI is InChI=1S/C23H30N2S/c1-8-11-18(9-2)20-13-10-12-19-14-21(26-22(19)20)23(6,15-16(3)4)25(7)17(5)24/h8-14,24H,3,15H2,1-2,4-7H3/b11-8-,18-9+,24-17?/t23-/m0/s1. The fraction of sp³-hybridized carbons (Fsp3) is 0.348. The second kappa shape index (κ2) is 8.05. The molecular weight excluding hydrogens is 336 g/mol. The smallest absolute Gasteiger partial charge is 0.0930 e. The first-order chi connectivity index (χ1) is 12.2. The third-order valence-corrected chi connectivity index (χ3v) is 6.37. The molecule has 0 aliphatic heterocycles. The van der Waals surface area contributed by atoms with Gasteiger partial charge in [0.25, 0.3) is 0 Å². The summed E-state index contributed by atoms with van der Waals surface area (Å²) in [7, 11) is 2.01. The van der Waals surface area contributed by atoms with Gasteiger partial charge in [-0.15, -0.1) is 17.9 Å². The maximum Gasteiger partial charge on any atom is 0.0930 e. The van der Waals surface area contributed by atoms with Crippen LogP contribution in [0.3, 0.4) is 0 Å². The van der Waals surface area contributed by atoms with Gasteiger partial charge in [0.2, 0.25) is 0 Å². The SMILES string of the molecule is C=C(C)C[C@@](C)(c1cc2cccc(C(/C=C\C)=C/C)c2s1)N(C)C(C)=N. The van der Waals surface area contributed by atoms with Crippen LogP contribution in [-0.2, 0) is 5.54 Å². The Labute approximate surface area is 162 Å². The second-order valence-corrected chi connectivity index (χ2v) is 8.18. The fourth-order valence-electron chi connectivity index (χ4n) is 3.41. The van der Waals surface area contributed by atoms with E-state index in [1.165, 1.54) is 26.1 Å². The normalized spacial score (nSPS) is 14.6. The van der Waals surface area contributed by atoms with E-state index >= 15 is 0 Å². The first-order valence-corrected chi connectivity index (χ1v) is 9.82. The lowest BCUT2D eigenvalue weighted by molar-refractivity contribution is 0.232. The Kier molecular flexibility index (Phi) is 6.25. The molecule has 2 rings (SSSR count). The van der Waals surface area contributed by atoms with Crippen LogP contribution in [0, 0.1) is 5.41 Å². The number of benzene rings is 1. The molecule has 0 spiro atoms. The van der Waals surface area contributed by atoms with Gasteiger partial charge in [-0.1, -0.05) is 42.0 Å². The number of rotatable bonds is 6. The van der Waals surface area contributed by atoms with Gasteiger partial charge in [0.05, 0.1) is 11.4 Å². The predicted molar refractivity (Wildman–Crippen MR) is 118 cm³/mol. The minimum atomic E-state index is -0.269. The molecule has 0 radical (unpaired) electrons. The average Bonchev–Trinajstić information content (AvgIpc) is 3.03. The zero-order valence-electron chi connectivity index (χ0n) is 16.8. The topological polar surface area (TPSA) is 27.1 Å². The van der Waals surface area contributed by atoms with E-state index in [-0.39, 0.29) is 5.54 Å². The molecule has 1 aromatic heterocycles. The van der Waals surface area contributed by atoms with Gasteiger partial charge in [-0.25, -0.2) is 0 Å². The maximum atomic E-state index is 8.16. The molecule has 0 bridgehead atoms. The largest absolute Gasteiger partial charge is 0.353 e.